The molecule has 0 amide bonds. The number of ketones is 2. The molecule has 0 bridgehead atoms. The number of hydrogen-bond donors (Lipinski definition) is 0. The number of ether oxygens (including phenoxy) is 4. The van der Waals surface area contributed by atoms with Gasteiger partial charge in [-0.3, -0.25) is 9.59 Å². The van der Waals surface area contributed by atoms with E-state index in [0.717, 1.165) is 18.2 Å². The number of carbonyl (C=O) groups is 5. The zero-order valence-corrected chi connectivity index (χ0v) is 21.7. The molecule has 0 rings (SSSR count). The molecule has 0 radical (unpaired) electrons. The van der Waals surface area contributed by atoms with Crippen molar-refractivity contribution >= 4 is 29.5 Å². The molecular weight excluding hydrogens is 480 g/mol. The third-order valence-electron chi connectivity index (χ3n) is 5.89. The number of rotatable bonds is 22. The standard InChI is InChI=1S/C28H38O9/c1-7-22(29)13-15-27(12-6,19-35-24(31)9-3)17-34-18-28(16-14-23(30)8-2,20-36-25(32)10-4)21-37-26(33)11-5/h7-11H,1-5,12-21H2,6H3. The Morgan fingerprint density at radius 3 is 1.27 bits per heavy atom. The maximum absolute atomic E-state index is 12.0. The minimum Gasteiger partial charge on any atom is -0.462 e. The summed E-state index contributed by atoms with van der Waals surface area (Å²) >= 11 is 0. The minimum atomic E-state index is -1.09. The highest BCUT2D eigenvalue weighted by Crippen LogP contribution is 2.32. The van der Waals surface area contributed by atoms with Gasteiger partial charge in [0.1, 0.15) is 13.2 Å². The van der Waals surface area contributed by atoms with Crippen LogP contribution in [0.15, 0.2) is 63.3 Å². The number of carbonyl (C=O) groups excluding carboxylic acids is 5. The number of esters is 3. The van der Waals surface area contributed by atoms with Gasteiger partial charge in [0.05, 0.1) is 25.2 Å². The van der Waals surface area contributed by atoms with Crippen molar-refractivity contribution < 1.29 is 42.9 Å². The lowest BCUT2D eigenvalue weighted by molar-refractivity contribution is -0.154. The number of allylic oxidation sites excluding steroid dienone is 2. The maximum Gasteiger partial charge on any atom is 0.330 e. The highest BCUT2D eigenvalue weighted by molar-refractivity contribution is 5.89. The van der Waals surface area contributed by atoms with Gasteiger partial charge < -0.3 is 18.9 Å². The van der Waals surface area contributed by atoms with Gasteiger partial charge in [0, 0.05) is 36.5 Å². The minimum absolute atomic E-state index is 0.0301. The van der Waals surface area contributed by atoms with E-state index < -0.39 is 28.7 Å². The van der Waals surface area contributed by atoms with Crippen LogP contribution in [0.5, 0.6) is 0 Å². The summed E-state index contributed by atoms with van der Waals surface area (Å²) in [4.78, 5) is 59.2. The van der Waals surface area contributed by atoms with Crippen molar-refractivity contribution in [2.45, 2.75) is 39.0 Å². The second-order valence-corrected chi connectivity index (χ2v) is 8.62. The molecule has 0 aromatic heterocycles. The van der Waals surface area contributed by atoms with E-state index in [1.165, 1.54) is 12.2 Å². The summed E-state index contributed by atoms with van der Waals surface area (Å²) in [6, 6.07) is 0. The summed E-state index contributed by atoms with van der Waals surface area (Å²) in [6.45, 7) is 18.4. The third-order valence-corrected chi connectivity index (χ3v) is 5.89. The van der Waals surface area contributed by atoms with E-state index in [9.17, 15) is 24.0 Å². The second kappa shape index (κ2) is 17.8. The Labute approximate surface area is 218 Å². The van der Waals surface area contributed by atoms with E-state index in [4.69, 9.17) is 18.9 Å². The van der Waals surface area contributed by atoms with Crippen LogP contribution in [-0.2, 0) is 42.9 Å². The first kappa shape index (κ1) is 33.4. The van der Waals surface area contributed by atoms with Gasteiger partial charge in [0.25, 0.3) is 0 Å². The SMILES string of the molecule is C=CC(=O)CCC(CC)(COCC(CCC(=O)C=C)(COC(=O)C=C)COC(=O)C=C)COC(=O)C=C. The lowest BCUT2D eigenvalue weighted by Gasteiger charge is -2.36. The largest absolute Gasteiger partial charge is 0.462 e. The molecule has 0 saturated carbocycles. The van der Waals surface area contributed by atoms with Crippen molar-refractivity contribution in [2.75, 3.05) is 33.0 Å². The van der Waals surface area contributed by atoms with Crippen LogP contribution in [0.3, 0.4) is 0 Å². The topological polar surface area (TPSA) is 122 Å². The van der Waals surface area contributed by atoms with Crippen molar-refractivity contribution in [2.24, 2.45) is 10.8 Å². The smallest absolute Gasteiger partial charge is 0.330 e. The molecule has 9 heteroatoms. The zero-order chi connectivity index (χ0) is 28.3. The molecule has 0 aliphatic heterocycles. The molecule has 0 fully saturated rings. The fraction of sp³-hybridized carbons (Fsp3) is 0.464. The molecule has 1 unspecified atom stereocenters. The van der Waals surface area contributed by atoms with Crippen LogP contribution >= 0.6 is 0 Å². The third kappa shape index (κ3) is 13.3. The van der Waals surface area contributed by atoms with Crippen LogP contribution in [0.2, 0.25) is 0 Å². The van der Waals surface area contributed by atoms with Crippen molar-refractivity contribution in [3.8, 4) is 0 Å². The fourth-order valence-electron chi connectivity index (χ4n) is 3.22. The van der Waals surface area contributed by atoms with E-state index in [0.29, 0.717) is 12.8 Å². The molecule has 0 aromatic carbocycles. The van der Waals surface area contributed by atoms with Crippen molar-refractivity contribution in [3.63, 3.8) is 0 Å². The molecule has 0 aliphatic rings. The van der Waals surface area contributed by atoms with E-state index in [1.807, 2.05) is 6.92 Å². The Balaban J connectivity index is 5.92. The second-order valence-electron chi connectivity index (χ2n) is 8.62. The van der Waals surface area contributed by atoms with Crippen molar-refractivity contribution in [3.05, 3.63) is 63.3 Å². The van der Waals surface area contributed by atoms with Gasteiger partial charge in [-0.15, -0.1) is 0 Å². The Morgan fingerprint density at radius 1 is 0.568 bits per heavy atom. The molecule has 0 spiro atoms. The van der Waals surface area contributed by atoms with E-state index in [2.05, 4.69) is 32.9 Å². The van der Waals surface area contributed by atoms with Gasteiger partial charge in [-0.25, -0.2) is 14.4 Å². The van der Waals surface area contributed by atoms with Crippen LogP contribution in [0.25, 0.3) is 0 Å². The first-order valence-electron chi connectivity index (χ1n) is 11.8. The molecule has 0 saturated heterocycles. The van der Waals surface area contributed by atoms with Gasteiger partial charge in [-0.2, -0.15) is 0 Å². The Hall–Kier alpha value is -3.59. The summed E-state index contributed by atoms with van der Waals surface area (Å²) in [5.41, 5.74) is -1.82. The Morgan fingerprint density at radius 2 is 0.919 bits per heavy atom. The molecule has 0 N–H and O–H groups in total. The van der Waals surface area contributed by atoms with Crippen molar-refractivity contribution in [1.82, 2.24) is 0 Å². The summed E-state index contributed by atoms with van der Waals surface area (Å²) in [5, 5.41) is 0. The van der Waals surface area contributed by atoms with Gasteiger partial charge in [0.15, 0.2) is 11.6 Å². The van der Waals surface area contributed by atoms with Crippen LogP contribution < -0.4 is 0 Å². The monoisotopic (exact) mass is 518 g/mol. The molecule has 37 heavy (non-hydrogen) atoms. The van der Waals surface area contributed by atoms with Gasteiger partial charge >= 0.3 is 17.9 Å². The van der Waals surface area contributed by atoms with Gasteiger partial charge in [-0.1, -0.05) is 39.8 Å². The molecule has 0 aliphatic carbocycles. The van der Waals surface area contributed by atoms with Crippen molar-refractivity contribution in [1.29, 1.82) is 0 Å². The molecule has 0 aromatic rings. The quantitative estimate of drug-likeness (QED) is 0.120. The van der Waals surface area contributed by atoms with Crippen LogP contribution in [0.4, 0.5) is 0 Å². The normalized spacial score (nSPS) is 12.2. The molecule has 1 atom stereocenters. The van der Waals surface area contributed by atoms with E-state index in [-0.39, 0.29) is 63.9 Å². The summed E-state index contributed by atoms with van der Waals surface area (Å²) < 4.78 is 21.9. The van der Waals surface area contributed by atoms with Gasteiger partial charge in [-0.05, 0) is 31.4 Å². The number of hydrogen-bond acceptors (Lipinski definition) is 9. The Bertz CT molecular complexity index is 785. The van der Waals surface area contributed by atoms with Gasteiger partial charge in [0.2, 0.25) is 0 Å². The lowest BCUT2D eigenvalue weighted by Crippen LogP contribution is -2.41. The summed E-state index contributed by atoms with van der Waals surface area (Å²) in [7, 11) is 0. The van der Waals surface area contributed by atoms with E-state index in [1.54, 1.807) is 0 Å². The lowest BCUT2D eigenvalue weighted by atomic mass is 9.81. The van der Waals surface area contributed by atoms with Crippen LogP contribution in [0, 0.1) is 10.8 Å². The molecule has 0 heterocycles. The predicted octanol–water partition coefficient (Wildman–Crippen LogP) is 3.64. The van der Waals surface area contributed by atoms with E-state index >= 15 is 0 Å². The average Bonchev–Trinajstić information content (AvgIpc) is 2.93. The average molecular weight is 519 g/mol. The Kier molecular flexibility index (Phi) is 16.1. The first-order valence-corrected chi connectivity index (χ1v) is 11.8. The summed E-state index contributed by atoms with van der Waals surface area (Å²) in [6.07, 6.45) is 6.60. The molecular formula is C28H38O9. The highest BCUT2D eigenvalue weighted by Gasteiger charge is 2.37. The van der Waals surface area contributed by atoms with Crippen LogP contribution in [0.1, 0.15) is 39.0 Å². The predicted molar refractivity (Wildman–Crippen MR) is 138 cm³/mol. The van der Waals surface area contributed by atoms with Crippen LogP contribution in [-0.4, -0.2) is 62.5 Å². The summed E-state index contributed by atoms with van der Waals surface area (Å²) in [5.74, 6) is -2.43. The first-order chi connectivity index (χ1) is 17.5. The zero-order valence-electron chi connectivity index (χ0n) is 21.7. The fourth-order valence-corrected chi connectivity index (χ4v) is 3.22. The highest BCUT2D eigenvalue weighted by atomic mass is 16.6. The molecule has 9 nitrogen and oxygen atoms in total. The molecule has 204 valence electrons. The maximum atomic E-state index is 12.0.